The third-order valence-corrected chi connectivity index (χ3v) is 4.33. The molecule has 0 bridgehead atoms. The molecule has 30 heavy (non-hydrogen) atoms. The Kier molecular flexibility index (Phi) is 8.37. The number of ether oxygens (including phenoxy) is 2. The zero-order valence-corrected chi connectivity index (χ0v) is 17.7. The van der Waals surface area contributed by atoms with Crippen molar-refractivity contribution in [1.82, 2.24) is 4.90 Å². The molecule has 0 radical (unpaired) electrons. The second-order valence-corrected chi connectivity index (χ2v) is 7.18. The average molecular weight is 445 g/mol. The number of hydrogen-bond acceptors (Lipinski definition) is 4. The Balaban J connectivity index is 2.34. The van der Waals surface area contributed by atoms with Gasteiger partial charge in [0.25, 0.3) is 5.91 Å². The van der Waals surface area contributed by atoms with Gasteiger partial charge in [0.1, 0.15) is 23.7 Å². The van der Waals surface area contributed by atoms with E-state index in [0.29, 0.717) is 25.5 Å². The molecule has 5 nitrogen and oxygen atoms in total. The van der Waals surface area contributed by atoms with Gasteiger partial charge in [-0.25, -0.2) is 0 Å². The molecule has 0 atom stereocenters. The Labute approximate surface area is 178 Å². The van der Waals surface area contributed by atoms with Crippen LogP contribution in [0.15, 0.2) is 36.4 Å². The van der Waals surface area contributed by atoms with Crippen molar-refractivity contribution >= 4 is 23.2 Å². The van der Waals surface area contributed by atoms with Gasteiger partial charge in [-0.05, 0) is 50.8 Å². The SMILES string of the molecule is CCCOc1cccc(OCCN(C)C)c1C(=O)Nc1ccc(Cl)c(C(F)(F)F)c1. The van der Waals surface area contributed by atoms with Gasteiger partial charge in [0.05, 0.1) is 17.2 Å². The van der Waals surface area contributed by atoms with Crippen molar-refractivity contribution in [1.29, 1.82) is 0 Å². The average Bonchev–Trinajstić information content (AvgIpc) is 2.66. The number of carbonyl (C=O) groups excluding carboxylic acids is 1. The van der Waals surface area contributed by atoms with Crippen LogP contribution in [0, 0.1) is 0 Å². The van der Waals surface area contributed by atoms with Gasteiger partial charge in [0, 0.05) is 12.2 Å². The van der Waals surface area contributed by atoms with E-state index in [9.17, 15) is 18.0 Å². The van der Waals surface area contributed by atoms with E-state index in [-0.39, 0.29) is 17.0 Å². The molecule has 0 saturated carbocycles. The maximum Gasteiger partial charge on any atom is 0.417 e. The molecule has 0 spiro atoms. The number of carbonyl (C=O) groups is 1. The molecular formula is C21H24ClF3N2O3. The van der Waals surface area contributed by atoms with Crippen molar-refractivity contribution in [3.8, 4) is 11.5 Å². The molecule has 1 N–H and O–H groups in total. The summed E-state index contributed by atoms with van der Waals surface area (Å²) in [4.78, 5) is 14.9. The number of halogens is 4. The van der Waals surface area contributed by atoms with Crippen molar-refractivity contribution in [2.75, 3.05) is 39.2 Å². The lowest BCUT2D eigenvalue weighted by Gasteiger charge is -2.17. The van der Waals surface area contributed by atoms with Gasteiger partial charge >= 0.3 is 6.18 Å². The van der Waals surface area contributed by atoms with E-state index in [1.807, 2.05) is 25.9 Å². The van der Waals surface area contributed by atoms with Gasteiger partial charge < -0.3 is 19.7 Å². The number of rotatable bonds is 9. The topological polar surface area (TPSA) is 50.8 Å². The second-order valence-electron chi connectivity index (χ2n) is 6.78. The Morgan fingerprint density at radius 2 is 1.73 bits per heavy atom. The molecule has 0 aliphatic rings. The van der Waals surface area contributed by atoms with E-state index in [0.717, 1.165) is 18.6 Å². The minimum absolute atomic E-state index is 0.0405. The minimum Gasteiger partial charge on any atom is -0.493 e. The molecule has 0 aliphatic heterocycles. The number of likely N-dealkylation sites (N-methyl/N-ethyl adjacent to an activating group) is 1. The Hall–Kier alpha value is -2.45. The third kappa shape index (κ3) is 6.53. The minimum atomic E-state index is -4.64. The number of benzene rings is 2. The Bertz CT molecular complexity index is 873. The van der Waals surface area contributed by atoms with E-state index in [2.05, 4.69) is 5.32 Å². The summed E-state index contributed by atoms with van der Waals surface area (Å²) in [6.07, 6.45) is -3.92. The zero-order valence-electron chi connectivity index (χ0n) is 17.0. The van der Waals surface area contributed by atoms with Crippen LogP contribution in [0.4, 0.5) is 18.9 Å². The van der Waals surface area contributed by atoms with Gasteiger partial charge in [-0.2, -0.15) is 13.2 Å². The molecule has 2 rings (SSSR count). The van der Waals surface area contributed by atoms with Crippen molar-refractivity contribution in [2.24, 2.45) is 0 Å². The van der Waals surface area contributed by atoms with Crippen LogP contribution in [0.3, 0.4) is 0 Å². The summed E-state index contributed by atoms with van der Waals surface area (Å²) in [5, 5.41) is 2.04. The normalized spacial score (nSPS) is 11.5. The predicted molar refractivity (Wildman–Crippen MR) is 111 cm³/mol. The molecule has 0 aromatic heterocycles. The highest BCUT2D eigenvalue weighted by atomic mass is 35.5. The quantitative estimate of drug-likeness (QED) is 0.567. The van der Waals surface area contributed by atoms with Gasteiger partial charge in [-0.1, -0.05) is 24.6 Å². The first-order valence-corrected chi connectivity index (χ1v) is 9.72. The molecule has 164 valence electrons. The van der Waals surface area contributed by atoms with Crippen LogP contribution in [0.2, 0.25) is 5.02 Å². The second kappa shape index (κ2) is 10.5. The number of nitrogens with zero attached hydrogens (tertiary/aromatic N) is 1. The maximum absolute atomic E-state index is 13.1. The van der Waals surface area contributed by atoms with E-state index >= 15 is 0 Å². The highest BCUT2D eigenvalue weighted by Gasteiger charge is 2.33. The fourth-order valence-corrected chi connectivity index (χ4v) is 2.76. The van der Waals surface area contributed by atoms with Crippen LogP contribution in [0.5, 0.6) is 11.5 Å². The summed E-state index contributed by atoms with van der Waals surface area (Å²) in [6, 6.07) is 8.11. The van der Waals surface area contributed by atoms with Gasteiger partial charge in [0.2, 0.25) is 0 Å². The van der Waals surface area contributed by atoms with E-state index < -0.39 is 22.7 Å². The lowest BCUT2D eigenvalue weighted by Crippen LogP contribution is -2.21. The van der Waals surface area contributed by atoms with E-state index in [4.69, 9.17) is 21.1 Å². The third-order valence-electron chi connectivity index (χ3n) is 4.00. The molecule has 0 fully saturated rings. The monoisotopic (exact) mass is 444 g/mol. The molecule has 2 aromatic carbocycles. The van der Waals surface area contributed by atoms with Crippen molar-refractivity contribution in [3.63, 3.8) is 0 Å². The van der Waals surface area contributed by atoms with Crippen LogP contribution in [0.25, 0.3) is 0 Å². The predicted octanol–water partition coefficient (Wildman–Crippen LogP) is 5.34. The molecule has 9 heteroatoms. The summed E-state index contributed by atoms with van der Waals surface area (Å²) in [5.41, 5.74) is -0.950. The van der Waals surface area contributed by atoms with Crippen LogP contribution in [0.1, 0.15) is 29.3 Å². The van der Waals surface area contributed by atoms with Crippen molar-refractivity contribution < 1.29 is 27.4 Å². The number of hydrogen-bond donors (Lipinski definition) is 1. The summed E-state index contributed by atoms with van der Waals surface area (Å²) in [5.74, 6) is -0.0633. The molecule has 1 amide bonds. The Morgan fingerprint density at radius 1 is 1.10 bits per heavy atom. The number of amides is 1. The van der Waals surface area contributed by atoms with Crippen LogP contribution < -0.4 is 14.8 Å². The molecular weight excluding hydrogens is 421 g/mol. The Morgan fingerprint density at radius 3 is 2.30 bits per heavy atom. The van der Waals surface area contributed by atoms with Crippen LogP contribution in [-0.2, 0) is 6.18 Å². The van der Waals surface area contributed by atoms with Crippen LogP contribution >= 0.6 is 11.6 Å². The summed E-state index contributed by atoms with van der Waals surface area (Å²) in [7, 11) is 3.77. The lowest BCUT2D eigenvalue weighted by atomic mass is 10.1. The maximum atomic E-state index is 13.1. The van der Waals surface area contributed by atoms with Gasteiger partial charge in [-0.3, -0.25) is 4.79 Å². The fourth-order valence-electron chi connectivity index (χ4n) is 2.54. The fraction of sp³-hybridized carbons (Fsp3) is 0.381. The number of alkyl halides is 3. The first-order valence-electron chi connectivity index (χ1n) is 9.35. The number of nitrogens with one attached hydrogen (secondary N) is 1. The van der Waals surface area contributed by atoms with Gasteiger partial charge in [0.15, 0.2) is 0 Å². The lowest BCUT2D eigenvalue weighted by molar-refractivity contribution is -0.137. The standard InChI is InChI=1S/C21H24ClF3N2O3/c1-4-11-29-17-6-5-7-18(30-12-10-27(2)3)19(17)20(28)26-14-8-9-16(22)15(13-14)21(23,24)25/h5-9,13H,4,10-12H2,1-3H3,(H,26,28). The van der Waals surface area contributed by atoms with E-state index in [1.54, 1.807) is 18.2 Å². The van der Waals surface area contributed by atoms with Crippen molar-refractivity contribution in [3.05, 3.63) is 52.5 Å². The zero-order chi connectivity index (χ0) is 22.3. The highest BCUT2D eigenvalue weighted by Crippen LogP contribution is 2.37. The molecule has 0 saturated heterocycles. The summed E-state index contributed by atoms with van der Waals surface area (Å²) < 4.78 is 50.8. The molecule has 0 unspecified atom stereocenters. The van der Waals surface area contributed by atoms with Crippen LogP contribution in [-0.4, -0.2) is 44.7 Å². The summed E-state index contributed by atoms with van der Waals surface area (Å²) >= 11 is 5.65. The smallest absolute Gasteiger partial charge is 0.417 e. The molecule has 0 aliphatic carbocycles. The molecule has 2 aromatic rings. The number of anilines is 1. The first-order chi connectivity index (χ1) is 14.1. The van der Waals surface area contributed by atoms with Crippen molar-refractivity contribution in [2.45, 2.75) is 19.5 Å². The summed E-state index contributed by atoms with van der Waals surface area (Å²) in [6.45, 7) is 3.24. The largest absolute Gasteiger partial charge is 0.493 e. The van der Waals surface area contributed by atoms with E-state index in [1.165, 1.54) is 6.07 Å². The molecule has 0 heterocycles. The van der Waals surface area contributed by atoms with Gasteiger partial charge in [-0.15, -0.1) is 0 Å². The highest BCUT2D eigenvalue weighted by molar-refractivity contribution is 6.31. The first kappa shape index (κ1) is 23.8.